The molecule has 2 N–H and O–H groups in total. The van der Waals surface area contributed by atoms with Crippen LogP contribution < -0.4 is 0 Å². The molecular weight excluding hydrogens is 309 g/mol. The van der Waals surface area contributed by atoms with E-state index < -0.39 is 5.97 Å². The molecular formula is C18H16FN3O2. The van der Waals surface area contributed by atoms with Crippen LogP contribution in [0.2, 0.25) is 0 Å². The Hall–Kier alpha value is -3.02. The van der Waals surface area contributed by atoms with E-state index in [4.69, 9.17) is 5.11 Å². The molecule has 0 unspecified atom stereocenters. The van der Waals surface area contributed by atoms with E-state index >= 15 is 0 Å². The number of halogens is 1. The van der Waals surface area contributed by atoms with Crippen LogP contribution >= 0.6 is 0 Å². The lowest BCUT2D eigenvalue weighted by Crippen LogP contribution is -1.97. The van der Waals surface area contributed by atoms with E-state index in [1.165, 1.54) is 12.1 Å². The molecule has 6 heteroatoms. The zero-order valence-corrected chi connectivity index (χ0v) is 12.9. The molecule has 0 spiro atoms. The Morgan fingerprint density at radius 1 is 1.08 bits per heavy atom. The normalized spacial score (nSPS) is 10.7. The fraction of sp³-hybridized carbons (Fsp3) is 0.167. The number of nitrogens with zero attached hydrogens (tertiary/aromatic N) is 2. The van der Waals surface area contributed by atoms with Crippen molar-refractivity contribution in [3.63, 3.8) is 0 Å². The van der Waals surface area contributed by atoms with Crippen molar-refractivity contribution in [3.05, 3.63) is 60.3 Å². The molecule has 122 valence electrons. The molecule has 2 aromatic heterocycles. The Kier molecular flexibility index (Phi) is 4.65. The van der Waals surface area contributed by atoms with Crippen LogP contribution in [-0.4, -0.2) is 26.3 Å². The van der Waals surface area contributed by atoms with Gasteiger partial charge in [0.1, 0.15) is 11.5 Å². The van der Waals surface area contributed by atoms with Crippen molar-refractivity contribution in [2.75, 3.05) is 0 Å². The predicted molar refractivity (Wildman–Crippen MR) is 87.8 cm³/mol. The summed E-state index contributed by atoms with van der Waals surface area (Å²) >= 11 is 0. The van der Waals surface area contributed by atoms with Crippen LogP contribution in [0.4, 0.5) is 4.39 Å². The second-order valence-electron chi connectivity index (χ2n) is 5.42. The minimum atomic E-state index is -0.821. The summed E-state index contributed by atoms with van der Waals surface area (Å²) < 4.78 is 13.2. The minimum absolute atomic E-state index is 0.0979. The van der Waals surface area contributed by atoms with Crippen molar-refractivity contribution in [1.29, 1.82) is 0 Å². The van der Waals surface area contributed by atoms with Gasteiger partial charge in [-0.15, -0.1) is 0 Å². The lowest BCUT2D eigenvalue weighted by Gasteiger charge is -2.06. The van der Waals surface area contributed by atoms with E-state index in [1.807, 2.05) is 12.1 Å². The van der Waals surface area contributed by atoms with Crippen molar-refractivity contribution in [3.8, 4) is 22.4 Å². The number of aromatic nitrogens is 3. The lowest BCUT2D eigenvalue weighted by molar-refractivity contribution is -0.137. The van der Waals surface area contributed by atoms with Gasteiger partial charge < -0.3 is 5.11 Å². The third-order valence-electron chi connectivity index (χ3n) is 3.75. The van der Waals surface area contributed by atoms with Gasteiger partial charge in [0.25, 0.3) is 0 Å². The largest absolute Gasteiger partial charge is 0.481 e. The number of hydrogen-bond acceptors (Lipinski definition) is 3. The maximum Gasteiger partial charge on any atom is 0.303 e. The van der Waals surface area contributed by atoms with Gasteiger partial charge in [-0.05, 0) is 54.8 Å². The number of carboxylic acid groups (broad SMARTS) is 1. The van der Waals surface area contributed by atoms with Gasteiger partial charge in [0.15, 0.2) is 0 Å². The molecule has 0 atom stereocenters. The highest BCUT2D eigenvalue weighted by Gasteiger charge is 2.17. The van der Waals surface area contributed by atoms with E-state index in [-0.39, 0.29) is 12.2 Å². The first kappa shape index (κ1) is 15.9. The molecule has 2 heterocycles. The number of hydrogen-bond donors (Lipinski definition) is 2. The summed E-state index contributed by atoms with van der Waals surface area (Å²) in [6.07, 6.45) is 4.56. The van der Waals surface area contributed by atoms with Crippen LogP contribution in [0, 0.1) is 5.82 Å². The summed E-state index contributed by atoms with van der Waals surface area (Å²) in [5, 5.41) is 16.2. The van der Waals surface area contributed by atoms with E-state index in [0.717, 1.165) is 22.4 Å². The fourth-order valence-electron chi connectivity index (χ4n) is 2.62. The number of pyridine rings is 1. The zero-order chi connectivity index (χ0) is 16.9. The van der Waals surface area contributed by atoms with Crippen molar-refractivity contribution < 1.29 is 14.3 Å². The Balaban J connectivity index is 2.01. The van der Waals surface area contributed by atoms with Crippen molar-refractivity contribution in [2.45, 2.75) is 19.3 Å². The van der Waals surface area contributed by atoms with E-state index in [0.29, 0.717) is 18.5 Å². The predicted octanol–water partition coefficient (Wildman–Crippen LogP) is 3.69. The highest BCUT2D eigenvalue weighted by atomic mass is 19.1. The van der Waals surface area contributed by atoms with Crippen molar-refractivity contribution in [1.82, 2.24) is 15.2 Å². The molecule has 0 aliphatic rings. The van der Waals surface area contributed by atoms with Gasteiger partial charge in [0.05, 0.1) is 0 Å². The second-order valence-corrected chi connectivity index (χ2v) is 5.42. The summed E-state index contributed by atoms with van der Waals surface area (Å²) in [6, 6.07) is 9.89. The number of benzene rings is 1. The molecule has 1 aromatic carbocycles. The van der Waals surface area contributed by atoms with Crippen LogP contribution in [0.1, 0.15) is 18.5 Å². The maximum atomic E-state index is 13.2. The van der Waals surface area contributed by atoms with Gasteiger partial charge in [0, 0.05) is 35.6 Å². The summed E-state index contributed by atoms with van der Waals surface area (Å²) in [7, 11) is 0. The molecule has 24 heavy (non-hydrogen) atoms. The summed E-state index contributed by atoms with van der Waals surface area (Å²) in [5.41, 5.74) is 4.20. The number of aryl methyl sites for hydroxylation is 1. The van der Waals surface area contributed by atoms with Gasteiger partial charge in [-0.25, -0.2) is 4.39 Å². The average Bonchev–Trinajstić information content (AvgIpc) is 3.00. The standard InChI is InChI=1S/C18H16FN3O2/c19-14-6-4-13(5-7-14)18-17(12-8-10-20-11-9-12)15(21-22-18)2-1-3-16(23)24/h4-11H,1-3H2,(H,21,22)(H,23,24). The zero-order valence-electron chi connectivity index (χ0n) is 12.9. The molecule has 3 rings (SSSR count). The fourth-order valence-corrected chi connectivity index (χ4v) is 2.62. The van der Waals surface area contributed by atoms with Crippen molar-refractivity contribution >= 4 is 5.97 Å². The highest BCUT2D eigenvalue weighted by molar-refractivity contribution is 5.82. The molecule has 0 saturated heterocycles. The first-order valence-corrected chi connectivity index (χ1v) is 7.60. The summed E-state index contributed by atoms with van der Waals surface area (Å²) in [6.45, 7) is 0. The molecule has 0 aliphatic heterocycles. The Bertz CT molecular complexity index is 829. The topological polar surface area (TPSA) is 78.9 Å². The number of rotatable bonds is 6. The second kappa shape index (κ2) is 7.04. The molecule has 0 fully saturated rings. The smallest absolute Gasteiger partial charge is 0.303 e. The van der Waals surface area contributed by atoms with Crippen LogP contribution in [0.3, 0.4) is 0 Å². The van der Waals surface area contributed by atoms with Gasteiger partial charge in [-0.1, -0.05) is 0 Å². The van der Waals surface area contributed by atoms with E-state index in [2.05, 4.69) is 15.2 Å². The summed E-state index contributed by atoms with van der Waals surface area (Å²) in [4.78, 5) is 14.8. The first-order valence-electron chi connectivity index (χ1n) is 7.60. The molecule has 0 bridgehead atoms. The van der Waals surface area contributed by atoms with Gasteiger partial charge in [-0.3, -0.25) is 14.9 Å². The minimum Gasteiger partial charge on any atom is -0.481 e. The average molecular weight is 325 g/mol. The third-order valence-corrected chi connectivity index (χ3v) is 3.75. The first-order chi connectivity index (χ1) is 11.6. The maximum absolute atomic E-state index is 13.2. The van der Waals surface area contributed by atoms with Gasteiger partial charge >= 0.3 is 5.97 Å². The van der Waals surface area contributed by atoms with E-state index in [9.17, 15) is 9.18 Å². The van der Waals surface area contributed by atoms with Gasteiger partial charge in [-0.2, -0.15) is 5.10 Å². The molecule has 5 nitrogen and oxygen atoms in total. The SMILES string of the molecule is O=C(O)CCCc1[nH]nc(-c2ccc(F)cc2)c1-c1ccncc1. The lowest BCUT2D eigenvalue weighted by atomic mass is 9.97. The number of H-pyrrole nitrogens is 1. The number of carbonyl (C=O) groups is 1. The number of aromatic amines is 1. The molecule has 0 radical (unpaired) electrons. The molecule has 0 aliphatic carbocycles. The van der Waals surface area contributed by atoms with Crippen LogP contribution in [0.25, 0.3) is 22.4 Å². The van der Waals surface area contributed by atoms with Crippen LogP contribution in [0.5, 0.6) is 0 Å². The van der Waals surface area contributed by atoms with Crippen molar-refractivity contribution in [2.24, 2.45) is 0 Å². The molecule has 0 amide bonds. The number of nitrogens with one attached hydrogen (secondary N) is 1. The van der Waals surface area contributed by atoms with E-state index in [1.54, 1.807) is 24.5 Å². The number of carboxylic acids is 1. The van der Waals surface area contributed by atoms with Gasteiger partial charge in [0.2, 0.25) is 0 Å². The third kappa shape index (κ3) is 3.48. The van der Waals surface area contributed by atoms with Crippen LogP contribution in [-0.2, 0) is 11.2 Å². The molecule has 3 aromatic rings. The Labute approximate surface area is 138 Å². The highest BCUT2D eigenvalue weighted by Crippen LogP contribution is 2.33. The monoisotopic (exact) mass is 325 g/mol. The Morgan fingerprint density at radius 2 is 1.79 bits per heavy atom. The molecule has 0 saturated carbocycles. The summed E-state index contributed by atoms with van der Waals surface area (Å²) in [5.74, 6) is -1.12. The van der Waals surface area contributed by atoms with Crippen LogP contribution in [0.15, 0.2) is 48.8 Å². The quantitative estimate of drug-likeness (QED) is 0.724. The number of aliphatic carboxylic acids is 1. The Morgan fingerprint density at radius 3 is 2.46 bits per heavy atom.